The summed E-state index contributed by atoms with van der Waals surface area (Å²) in [6.45, 7) is 6.75. The van der Waals surface area contributed by atoms with Gasteiger partial charge in [-0.25, -0.2) is 4.98 Å². The summed E-state index contributed by atoms with van der Waals surface area (Å²) in [4.78, 5) is 16.5. The van der Waals surface area contributed by atoms with E-state index < -0.39 is 0 Å². The second-order valence-corrected chi connectivity index (χ2v) is 4.70. The average molecular weight is 300 g/mol. The zero-order chi connectivity index (χ0) is 15.9. The van der Waals surface area contributed by atoms with Gasteiger partial charge in [-0.3, -0.25) is 4.79 Å². The number of nitrogens with one attached hydrogen (secondary N) is 1. The van der Waals surface area contributed by atoms with Gasteiger partial charge in [0.05, 0.1) is 18.8 Å². The van der Waals surface area contributed by atoms with Gasteiger partial charge in [-0.15, -0.1) is 0 Å². The van der Waals surface area contributed by atoms with Crippen molar-refractivity contribution in [2.24, 2.45) is 0 Å². The van der Waals surface area contributed by atoms with E-state index in [9.17, 15) is 4.79 Å². The molecule has 116 valence electrons. The molecule has 1 N–H and O–H groups in total. The normalized spacial score (nSPS) is 10.1. The molecule has 0 unspecified atom stereocenters. The number of nitrogens with zero attached hydrogens (tertiary/aromatic N) is 1. The molecule has 5 nitrogen and oxygen atoms in total. The van der Waals surface area contributed by atoms with Crippen molar-refractivity contribution in [1.29, 1.82) is 0 Å². The smallest absolute Gasteiger partial charge is 0.260 e. The van der Waals surface area contributed by atoms with Crippen molar-refractivity contribution in [3.8, 4) is 11.5 Å². The fourth-order valence-electron chi connectivity index (χ4n) is 2.01. The number of carbonyl (C=O) groups excluding carboxylic acids is 1. The first-order valence-electron chi connectivity index (χ1n) is 7.27. The Morgan fingerprint density at radius 1 is 1.14 bits per heavy atom. The van der Waals surface area contributed by atoms with Gasteiger partial charge in [0.1, 0.15) is 17.3 Å². The molecule has 0 saturated carbocycles. The molecule has 2 rings (SSSR count). The number of hydrogen-bond donors (Lipinski definition) is 1. The van der Waals surface area contributed by atoms with Gasteiger partial charge in [0.2, 0.25) is 0 Å². The van der Waals surface area contributed by atoms with Crippen LogP contribution in [0.3, 0.4) is 0 Å². The Morgan fingerprint density at radius 2 is 1.91 bits per heavy atom. The molecule has 5 heteroatoms. The second kappa shape index (κ2) is 7.45. The molecule has 0 fully saturated rings. The van der Waals surface area contributed by atoms with Gasteiger partial charge in [-0.1, -0.05) is 0 Å². The average Bonchev–Trinajstić information content (AvgIpc) is 2.48. The minimum Gasteiger partial charge on any atom is -0.494 e. The van der Waals surface area contributed by atoms with Crippen LogP contribution in [-0.4, -0.2) is 24.1 Å². The summed E-state index contributed by atoms with van der Waals surface area (Å²) in [5, 5.41) is 2.78. The van der Waals surface area contributed by atoms with Crippen molar-refractivity contribution >= 4 is 11.7 Å². The Hall–Kier alpha value is -2.56. The van der Waals surface area contributed by atoms with Crippen molar-refractivity contribution in [1.82, 2.24) is 4.98 Å². The van der Waals surface area contributed by atoms with Crippen LogP contribution in [-0.2, 0) is 0 Å². The van der Waals surface area contributed by atoms with E-state index in [1.54, 1.807) is 24.4 Å². The molecule has 0 saturated heterocycles. The molecule has 0 spiro atoms. The zero-order valence-electron chi connectivity index (χ0n) is 13.1. The summed E-state index contributed by atoms with van der Waals surface area (Å²) in [5.41, 5.74) is 1.48. The fourth-order valence-corrected chi connectivity index (χ4v) is 2.01. The van der Waals surface area contributed by atoms with Gasteiger partial charge >= 0.3 is 0 Å². The number of carbonyl (C=O) groups is 1. The lowest BCUT2D eigenvalue weighted by molar-refractivity contribution is 0.102. The van der Waals surface area contributed by atoms with Crippen molar-refractivity contribution in [3.05, 3.63) is 47.7 Å². The summed E-state index contributed by atoms with van der Waals surface area (Å²) in [6.07, 6.45) is 1.66. The van der Waals surface area contributed by atoms with Gasteiger partial charge in [0, 0.05) is 12.3 Å². The molecule has 1 aromatic heterocycles. The van der Waals surface area contributed by atoms with E-state index in [1.807, 2.05) is 32.9 Å². The second-order valence-electron chi connectivity index (χ2n) is 4.70. The molecular weight excluding hydrogens is 280 g/mol. The zero-order valence-corrected chi connectivity index (χ0v) is 13.1. The Kier molecular flexibility index (Phi) is 5.36. The monoisotopic (exact) mass is 300 g/mol. The number of ether oxygens (including phenoxy) is 2. The molecule has 0 radical (unpaired) electrons. The van der Waals surface area contributed by atoms with Crippen LogP contribution in [0.4, 0.5) is 5.82 Å². The highest BCUT2D eigenvalue weighted by Crippen LogP contribution is 2.26. The van der Waals surface area contributed by atoms with E-state index in [0.29, 0.717) is 36.1 Å². The van der Waals surface area contributed by atoms with E-state index >= 15 is 0 Å². The fraction of sp³-hybridized carbons (Fsp3) is 0.294. The van der Waals surface area contributed by atoms with E-state index in [0.717, 1.165) is 5.56 Å². The van der Waals surface area contributed by atoms with Crippen molar-refractivity contribution in [2.45, 2.75) is 20.8 Å². The van der Waals surface area contributed by atoms with Crippen LogP contribution in [0.5, 0.6) is 11.5 Å². The summed E-state index contributed by atoms with van der Waals surface area (Å²) in [6, 6.07) is 8.86. The largest absolute Gasteiger partial charge is 0.494 e. The molecule has 1 amide bonds. The third kappa shape index (κ3) is 3.97. The first kappa shape index (κ1) is 15.8. The molecule has 22 heavy (non-hydrogen) atoms. The number of benzene rings is 1. The standard InChI is InChI=1S/C17H20N2O3/c1-4-21-13-6-7-14(15(11-13)22-5-2)17(20)19-16-10-12(3)8-9-18-16/h6-11H,4-5H2,1-3H3,(H,18,19,20). The maximum atomic E-state index is 12.4. The quantitative estimate of drug-likeness (QED) is 0.887. The number of rotatable bonds is 6. The van der Waals surface area contributed by atoms with Crippen LogP contribution in [0, 0.1) is 6.92 Å². The number of aromatic nitrogens is 1. The van der Waals surface area contributed by atoms with E-state index in [4.69, 9.17) is 9.47 Å². The first-order valence-corrected chi connectivity index (χ1v) is 7.27. The highest BCUT2D eigenvalue weighted by molar-refractivity contribution is 6.05. The Labute approximate surface area is 130 Å². The predicted molar refractivity (Wildman–Crippen MR) is 85.7 cm³/mol. The van der Waals surface area contributed by atoms with Gasteiger partial charge in [-0.05, 0) is 50.6 Å². The van der Waals surface area contributed by atoms with Gasteiger partial charge in [0.25, 0.3) is 5.91 Å². The van der Waals surface area contributed by atoms with Crippen LogP contribution in [0.2, 0.25) is 0 Å². The van der Waals surface area contributed by atoms with E-state index in [1.165, 1.54) is 0 Å². The van der Waals surface area contributed by atoms with E-state index in [-0.39, 0.29) is 5.91 Å². The Bertz CT molecular complexity index is 656. The number of hydrogen-bond acceptors (Lipinski definition) is 4. The third-order valence-corrected chi connectivity index (χ3v) is 2.97. The Balaban J connectivity index is 2.24. The lowest BCUT2D eigenvalue weighted by Crippen LogP contribution is -2.14. The maximum absolute atomic E-state index is 12.4. The molecular formula is C17H20N2O3. The molecule has 0 aliphatic heterocycles. The van der Waals surface area contributed by atoms with E-state index in [2.05, 4.69) is 10.3 Å². The predicted octanol–water partition coefficient (Wildman–Crippen LogP) is 3.44. The molecule has 0 atom stereocenters. The van der Waals surface area contributed by atoms with Crippen LogP contribution >= 0.6 is 0 Å². The van der Waals surface area contributed by atoms with Gasteiger partial charge in [-0.2, -0.15) is 0 Å². The Morgan fingerprint density at radius 3 is 2.59 bits per heavy atom. The lowest BCUT2D eigenvalue weighted by atomic mass is 10.1. The van der Waals surface area contributed by atoms with Crippen molar-refractivity contribution < 1.29 is 14.3 Å². The topological polar surface area (TPSA) is 60.5 Å². The first-order chi connectivity index (χ1) is 10.6. The summed E-state index contributed by atoms with van der Waals surface area (Å²) < 4.78 is 11.0. The van der Waals surface area contributed by atoms with Crippen LogP contribution in [0.25, 0.3) is 0 Å². The van der Waals surface area contributed by atoms with Gasteiger partial charge in [0.15, 0.2) is 0 Å². The molecule has 0 aliphatic rings. The minimum absolute atomic E-state index is 0.260. The highest BCUT2D eigenvalue weighted by Gasteiger charge is 2.14. The SMILES string of the molecule is CCOc1ccc(C(=O)Nc2cc(C)ccn2)c(OCC)c1. The summed E-state index contributed by atoms with van der Waals surface area (Å²) >= 11 is 0. The number of pyridine rings is 1. The molecule has 0 aliphatic carbocycles. The number of aryl methyl sites for hydroxylation is 1. The van der Waals surface area contributed by atoms with Crippen LogP contribution < -0.4 is 14.8 Å². The lowest BCUT2D eigenvalue weighted by Gasteiger charge is -2.12. The van der Waals surface area contributed by atoms with Crippen LogP contribution in [0.15, 0.2) is 36.5 Å². The minimum atomic E-state index is -0.260. The molecule has 0 bridgehead atoms. The summed E-state index contributed by atoms with van der Waals surface area (Å²) in [5.74, 6) is 1.43. The third-order valence-electron chi connectivity index (χ3n) is 2.97. The molecule has 2 aromatic rings. The molecule has 1 aromatic carbocycles. The summed E-state index contributed by atoms with van der Waals surface area (Å²) in [7, 11) is 0. The van der Waals surface area contributed by atoms with Crippen molar-refractivity contribution in [3.63, 3.8) is 0 Å². The number of anilines is 1. The van der Waals surface area contributed by atoms with Crippen molar-refractivity contribution in [2.75, 3.05) is 18.5 Å². The highest BCUT2D eigenvalue weighted by atomic mass is 16.5. The molecule has 1 heterocycles. The van der Waals surface area contributed by atoms with Gasteiger partial charge < -0.3 is 14.8 Å². The van der Waals surface area contributed by atoms with Crippen LogP contribution in [0.1, 0.15) is 29.8 Å². The number of amides is 1. The maximum Gasteiger partial charge on any atom is 0.260 e.